The van der Waals surface area contributed by atoms with Gasteiger partial charge in [-0.2, -0.15) is 0 Å². The minimum absolute atomic E-state index is 0.0593. The van der Waals surface area contributed by atoms with Gasteiger partial charge < -0.3 is 14.7 Å². The van der Waals surface area contributed by atoms with E-state index in [0.717, 1.165) is 32.7 Å². The molecule has 0 radical (unpaired) electrons. The van der Waals surface area contributed by atoms with Crippen LogP contribution in [-0.4, -0.2) is 73.4 Å². The van der Waals surface area contributed by atoms with Crippen LogP contribution in [0.15, 0.2) is 0 Å². The minimum atomic E-state index is -0.295. The van der Waals surface area contributed by atoms with Crippen molar-refractivity contribution in [3.8, 4) is 0 Å². The first-order chi connectivity index (χ1) is 8.86. The Kier molecular flexibility index (Phi) is 4.18. The molecule has 0 spiro atoms. The Bertz CT molecular complexity index is 321. The molecule has 1 N–H and O–H groups in total. The van der Waals surface area contributed by atoms with Crippen molar-refractivity contribution in [2.75, 3.05) is 52.5 Å². The predicted molar refractivity (Wildman–Crippen MR) is 72.8 cm³/mol. The number of ether oxygens (including phenoxy) is 1. The second-order valence-corrected chi connectivity index (χ2v) is 6.97. The molecule has 2 aliphatic heterocycles. The van der Waals surface area contributed by atoms with Crippen molar-refractivity contribution in [3.05, 3.63) is 0 Å². The van der Waals surface area contributed by atoms with Crippen LogP contribution in [0.2, 0.25) is 0 Å². The molecule has 0 aromatic carbocycles. The fraction of sp³-hybridized carbons (Fsp3) is 0.929. The maximum absolute atomic E-state index is 12.2. The third-order valence-corrected chi connectivity index (χ3v) is 4.01. The molecule has 2 rings (SSSR count). The van der Waals surface area contributed by atoms with E-state index in [9.17, 15) is 9.90 Å². The van der Waals surface area contributed by atoms with E-state index >= 15 is 0 Å². The number of aliphatic hydroxyl groups is 1. The van der Waals surface area contributed by atoms with E-state index in [1.54, 1.807) is 0 Å². The average molecular weight is 270 g/mol. The Hall–Kier alpha value is -0.650. The van der Waals surface area contributed by atoms with Crippen LogP contribution in [0, 0.1) is 10.8 Å². The van der Waals surface area contributed by atoms with E-state index in [2.05, 4.69) is 4.90 Å². The summed E-state index contributed by atoms with van der Waals surface area (Å²) >= 11 is 0. The number of hydrogen-bond donors (Lipinski definition) is 1. The van der Waals surface area contributed by atoms with Gasteiger partial charge in [0.05, 0.1) is 25.2 Å². The number of carbonyl (C=O) groups is 1. The Morgan fingerprint density at radius 3 is 2.16 bits per heavy atom. The second kappa shape index (κ2) is 5.38. The molecule has 2 aliphatic rings. The quantitative estimate of drug-likeness (QED) is 0.795. The van der Waals surface area contributed by atoms with Crippen LogP contribution in [0.25, 0.3) is 0 Å². The molecule has 0 saturated carbocycles. The van der Waals surface area contributed by atoms with Gasteiger partial charge in [-0.05, 0) is 0 Å². The van der Waals surface area contributed by atoms with Crippen molar-refractivity contribution in [1.29, 1.82) is 0 Å². The van der Waals surface area contributed by atoms with Crippen LogP contribution < -0.4 is 0 Å². The van der Waals surface area contributed by atoms with E-state index < -0.39 is 0 Å². The van der Waals surface area contributed by atoms with Crippen molar-refractivity contribution < 1.29 is 14.6 Å². The molecule has 0 aromatic rings. The van der Waals surface area contributed by atoms with Gasteiger partial charge in [0.2, 0.25) is 5.91 Å². The smallest absolute Gasteiger partial charge is 0.228 e. The van der Waals surface area contributed by atoms with Crippen molar-refractivity contribution in [3.63, 3.8) is 0 Å². The zero-order valence-corrected chi connectivity index (χ0v) is 12.3. The zero-order chi connectivity index (χ0) is 14.1. The highest BCUT2D eigenvalue weighted by Crippen LogP contribution is 2.28. The first-order valence-electron chi connectivity index (χ1n) is 7.07. The van der Waals surface area contributed by atoms with Crippen LogP contribution in [0.1, 0.15) is 20.8 Å². The minimum Gasteiger partial charge on any atom is -0.396 e. The van der Waals surface area contributed by atoms with Gasteiger partial charge in [0, 0.05) is 38.1 Å². The van der Waals surface area contributed by atoms with E-state index in [1.807, 2.05) is 25.7 Å². The standard InChI is InChI=1S/C14H26N2O3/c1-13(2,3)12(18)16-6-4-15(5-7-16)8-14(9-17)10-19-11-14/h17H,4-11H2,1-3H3. The summed E-state index contributed by atoms with van der Waals surface area (Å²) in [5.41, 5.74) is -0.355. The number of hydrogen-bond acceptors (Lipinski definition) is 4. The number of piperazine rings is 1. The maximum atomic E-state index is 12.2. The summed E-state index contributed by atoms with van der Waals surface area (Å²) in [6, 6.07) is 0. The summed E-state index contributed by atoms with van der Waals surface area (Å²) in [4.78, 5) is 16.5. The highest BCUT2D eigenvalue weighted by Gasteiger charge is 2.40. The third-order valence-electron chi connectivity index (χ3n) is 4.01. The Balaban J connectivity index is 1.81. The van der Waals surface area contributed by atoms with E-state index in [4.69, 9.17) is 4.74 Å². The number of aliphatic hydroxyl groups excluding tert-OH is 1. The van der Waals surface area contributed by atoms with Crippen molar-refractivity contribution >= 4 is 5.91 Å². The van der Waals surface area contributed by atoms with Gasteiger partial charge in [0.1, 0.15) is 0 Å². The molecule has 0 unspecified atom stereocenters. The highest BCUT2D eigenvalue weighted by molar-refractivity contribution is 5.81. The van der Waals surface area contributed by atoms with E-state index in [1.165, 1.54) is 0 Å². The molecule has 0 atom stereocenters. The van der Waals surface area contributed by atoms with Gasteiger partial charge in [0.25, 0.3) is 0 Å². The topological polar surface area (TPSA) is 53.0 Å². The monoisotopic (exact) mass is 270 g/mol. The SMILES string of the molecule is CC(C)(C)C(=O)N1CCN(CC2(CO)COC2)CC1. The number of carbonyl (C=O) groups excluding carboxylic acids is 1. The van der Waals surface area contributed by atoms with Crippen LogP contribution in [0.3, 0.4) is 0 Å². The molecule has 19 heavy (non-hydrogen) atoms. The fourth-order valence-electron chi connectivity index (χ4n) is 2.68. The predicted octanol–water partition coefficient (Wildman–Crippen LogP) is 0.186. The lowest BCUT2D eigenvalue weighted by Crippen LogP contribution is -2.58. The summed E-state index contributed by atoms with van der Waals surface area (Å²) in [5.74, 6) is 0.232. The molecule has 5 heteroatoms. The van der Waals surface area contributed by atoms with Crippen molar-refractivity contribution in [1.82, 2.24) is 9.80 Å². The molecule has 110 valence electrons. The molecular formula is C14H26N2O3. The maximum Gasteiger partial charge on any atom is 0.228 e. The lowest BCUT2D eigenvalue weighted by atomic mass is 9.86. The summed E-state index contributed by atoms with van der Waals surface area (Å²) < 4.78 is 5.22. The Morgan fingerprint density at radius 1 is 1.21 bits per heavy atom. The Morgan fingerprint density at radius 2 is 1.79 bits per heavy atom. The second-order valence-electron chi connectivity index (χ2n) is 6.97. The summed E-state index contributed by atoms with van der Waals surface area (Å²) in [6.07, 6.45) is 0. The van der Waals surface area contributed by atoms with Crippen LogP contribution in [-0.2, 0) is 9.53 Å². The van der Waals surface area contributed by atoms with Crippen molar-refractivity contribution in [2.24, 2.45) is 10.8 Å². The van der Waals surface area contributed by atoms with Gasteiger partial charge in [-0.15, -0.1) is 0 Å². The normalized spacial score (nSPS) is 24.1. The molecule has 5 nitrogen and oxygen atoms in total. The van der Waals surface area contributed by atoms with Crippen LogP contribution in [0.5, 0.6) is 0 Å². The fourth-order valence-corrected chi connectivity index (χ4v) is 2.68. The zero-order valence-electron chi connectivity index (χ0n) is 12.3. The summed E-state index contributed by atoms with van der Waals surface area (Å²) in [5, 5.41) is 9.44. The van der Waals surface area contributed by atoms with Crippen LogP contribution >= 0.6 is 0 Å². The molecule has 0 aliphatic carbocycles. The molecule has 1 amide bonds. The molecule has 2 saturated heterocycles. The first-order valence-corrected chi connectivity index (χ1v) is 7.07. The van der Waals surface area contributed by atoms with Gasteiger partial charge in [0.15, 0.2) is 0 Å². The molecule has 0 bridgehead atoms. The van der Waals surface area contributed by atoms with E-state index in [0.29, 0.717) is 13.2 Å². The largest absolute Gasteiger partial charge is 0.396 e. The van der Waals surface area contributed by atoms with Gasteiger partial charge >= 0.3 is 0 Å². The average Bonchev–Trinajstić information content (AvgIpc) is 2.32. The highest BCUT2D eigenvalue weighted by atomic mass is 16.5. The van der Waals surface area contributed by atoms with Gasteiger partial charge in [-0.3, -0.25) is 9.69 Å². The van der Waals surface area contributed by atoms with Crippen molar-refractivity contribution in [2.45, 2.75) is 20.8 Å². The molecular weight excluding hydrogens is 244 g/mol. The molecule has 2 heterocycles. The Labute approximate surface area is 115 Å². The molecule has 0 aromatic heterocycles. The van der Waals surface area contributed by atoms with Crippen LogP contribution in [0.4, 0.5) is 0 Å². The number of rotatable bonds is 3. The molecule has 2 fully saturated rings. The number of nitrogens with zero attached hydrogens (tertiary/aromatic N) is 2. The lowest BCUT2D eigenvalue weighted by molar-refractivity contribution is -0.154. The summed E-state index contributed by atoms with van der Waals surface area (Å²) in [6.45, 7) is 11.6. The van der Waals surface area contributed by atoms with E-state index in [-0.39, 0.29) is 23.3 Å². The first kappa shape index (κ1) is 14.8. The van der Waals surface area contributed by atoms with Gasteiger partial charge in [-0.1, -0.05) is 20.8 Å². The lowest BCUT2D eigenvalue weighted by Gasteiger charge is -2.45. The summed E-state index contributed by atoms with van der Waals surface area (Å²) in [7, 11) is 0. The third kappa shape index (κ3) is 3.27. The number of amides is 1. The van der Waals surface area contributed by atoms with Gasteiger partial charge in [-0.25, -0.2) is 0 Å².